The van der Waals surface area contributed by atoms with Gasteiger partial charge in [-0.2, -0.15) is 0 Å². The maximum atomic E-state index is 12.4. The third-order valence-electron chi connectivity index (χ3n) is 4.70. The van der Waals surface area contributed by atoms with Gasteiger partial charge in [0.1, 0.15) is 0 Å². The number of fused-ring (bicyclic) bond motifs is 3. The standard InChI is InChI=1S/C17H17N3O/c1-2-11-5-15-4-3-12(10-20(15)9-11)17(21)19-16-7-14-6-13(16)8-18-14/h1,3-5,9-10,13-14,16,18H,6-8H2,(H,19,21). The molecule has 1 saturated heterocycles. The first kappa shape index (κ1) is 12.5. The average molecular weight is 279 g/mol. The highest BCUT2D eigenvalue weighted by atomic mass is 16.1. The van der Waals surface area contributed by atoms with Gasteiger partial charge < -0.3 is 15.0 Å². The molecule has 3 heterocycles. The number of pyridine rings is 1. The van der Waals surface area contributed by atoms with Crippen molar-refractivity contribution in [2.24, 2.45) is 5.92 Å². The summed E-state index contributed by atoms with van der Waals surface area (Å²) < 4.78 is 1.91. The van der Waals surface area contributed by atoms with Crippen molar-refractivity contribution >= 4 is 11.4 Å². The number of rotatable bonds is 2. The number of amides is 1. The number of carbonyl (C=O) groups is 1. The SMILES string of the molecule is C#Cc1cc2ccc(C(=O)NC3CC4CC3CN4)cn2c1. The largest absolute Gasteiger partial charge is 0.349 e. The second-order valence-corrected chi connectivity index (χ2v) is 6.04. The van der Waals surface area contributed by atoms with Crippen LogP contribution in [0.3, 0.4) is 0 Å². The van der Waals surface area contributed by atoms with Crippen molar-refractivity contribution in [1.82, 2.24) is 15.0 Å². The van der Waals surface area contributed by atoms with Gasteiger partial charge >= 0.3 is 0 Å². The van der Waals surface area contributed by atoms with Crippen LogP contribution in [0.15, 0.2) is 30.6 Å². The molecule has 4 rings (SSSR count). The molecule has 1 aliphatic carbocycles. The Labute approximate surface area is 123 Å². The van der Waals surface area contributed by atoms with E-state index in [1.54, 1.807) is 0 Å². The molecule has 21 heavy (non-hydrogen) atoms. The smallest absolute Gasteiger partial charge is 0.253 e. The lowest BCUT2D eigenvalue weighted by Crippen LogP contribution is -2.44. The van der Waals surface area contributed by atoms with Crippen LogP contribution in [0.25, 0.3) is 5.52 Å². The molecule has 2 aromatic rings. The molecule has 1 aliphatic heterocycles. The van der Waals surface area contributed by atoms with Crippen molar-refractivity contribution in [3.8, 4) is 12.3 Å². The van der Waals surface area contributed by atoms with E-state index in [9.17, 15) is 4.79 Å². The van der Waals surface area contributed by atoms with Gasteiger partial charge in [-0.1, -0.05) is 5.92 Å². The normalized spacial score (nSPS) is 26.9. The molecule has 0 spiro atoms. The number of nitrogens with one attached hydrogen (secondary N) is 2. The van der Waals surface area contributed by atoms with Crippen molar-refractivity contribution in [2.45, 2.75) is 24.9 Å². The molecule has 106 valence electrons. The third kappa shape index (κ3) is 2.10. The van der Waals surface area contributed by atoms with E-state index >= 15 is 0 Å². The van der Waals surface area contributed by atoms with E-state index in [4.69, 9.17) is 6.42 Å². The molecule has 2 aliphatic rings. The Morgan fingerprint density at radius 2 is 2.29 bits per heavy atom. The fraction of sp³-hybridized carbons (Fsp3) is 0.353. The molecule has 0 radical (unpaired) electrons. The van der Waals surface area contributed by atoms with Gasteiger partial charge in [-0.15, -0.1) is 6.42 Å². The molecule has 1 saturated carbocycles. The summed E-state index contributed by atoms with van der Waals surface area (Å²) in [7, 11) is 0. The van der Waals surface area contributed by atoms with Crippen LogP contribution < -0.4 is 10.6 Å². The summed E-state index contributed by atoms with van der Waals surface area (Å²) >= 11 is 0. The summed E-state index contributed by atoms with van der Waals surface area (Å²) in [6.07, 6.45) is 11.4. The molecule has 3 atom stereocenters. The van der Waals surface area contributed by atoms with E-state index in [1.807, 2.05) is 35.0 Å². The fourth-order valence-corrected chi connectivity index (χ4v) is 3.59. The van der Waals surface area contributed by atoms with E-state index < -0.39 is 0 Å². The van der Waals surface area contributed by atoms with Gasteiger partial charge in [0, 0.05) is 42.1 Å². The average Bonchev–Trinajstić information content (AvgIpc) is 3.20. The Hall–Kier alpha value is -2.25. The van der Waals surface area contributed by atoms with E-state index in [0.717, 1.165) is 24.0 Å². The lowest BCUT2D eigenvalue weighted by Gasteiger charge is -2.23. The van der Waals surface area contributed by atoms with E-state index in [2.05, 4.69) is 16.6 Å². The molecule has 4 nitrogen and oxygen atoms in total. The Morgan fingerprint density at radius 3 is 3.00 bits per heavy atom. The van der Waals surface area contributed by atoms with Crippen LogP contribution in [0.5, 0.6) is 0 Å². The maximum Gasteiger partial charge on any atom is 0.253 e. The van der Waals surface area contributed by atoms with Gasteiger partial charge in [0.05, 0.1) is 5.56 Å². The molecule has 2 fully saturated rings. The van der Waals surface area contributed by atoms with Crippen LogP contribution in [0.1, 0.15) is 28.8 Å². The van der Waals surface area contributed by atoms with Gasteiger partial charge in [0.15, 0.2) is 0 Å². The van der Waals surface area contributed by atoms with Gasteiger partial charge in [-0.3, -0.25) is 4.79 Å². The minimum atomic E-state index is 0.00501. The summed E-state index contributed by atoms with van der Waals surface area (Å²) in [5, 5.41) is 6.64. The molecule has 2 bridgehead atoms. The topological polar surface area (TPSA) is 45.5 Å². The fourth-order valence-electron chi connectivity index (χ4n) is 3.59. The van der Waals surface area contributed by atoms with Crippen molar-refractivity contribution < 1.29 is 4.79 Å². The predicted octanol–water partition coefficient (Wildman–Crippen LogP) is 1.40. The first-order valence-corrected chi connectivity index (χ1v) is 7.35. The van der Waals surface area contributed by atoms with Crippen molar-refractivity contribution in [3.05, 3.63) is 41.7 Å². The highest BCUT2D eigenvalue weighted by Gasteiger charge is 2.40. The maximum absolute atomic E-state index is 12.4. The summed E-state index contributed by atoms with van der Waals surface area (Å²) in [6.45, 7) is 1.03. The quantitative estimate of drug-likeness (QED) is 0.816. The molecule has 4 heteroatoms. The van der Waals surface area contributed by atoms with Gasteiger partial charge in [-0.05, 0) is 37.0 Å². The van der Waals surface area contributed by atoms with E-state index in [-0.39, 0.29) is 5.91 Å². The predicted molar refractivity (Wildman–Crippen MR) is 81.1 cm³/mol. The van der Waals surface area contributed by atoms with Crippen LogP contribution in [0.2, 0.25) is 0 Å². The van der Waals surface area contributed by atoms with Crippen LogP contribution in [-0.2, 0) is 0 Å². The zero-order valence-electron chi connectivity index (χ0n) is 11.7. The zero-order valence-corrected chi connectivity index (χ0v) is 11.7. The van der Waals surface area contributed by atoms with Crippen LogP contribution in [-0.4, -0.2) is 28.9 Å². The number of carbonyl (C=O) groups excluding carboxylic acids is 1. The zero-order chi connectivity index (χ0) is 14.4. The Bertz CT molecular complexity index is 755. The lowest BCUT2D eigenvalue weighted by atomic mass is 10.0. The van der Waals surface area contributed by atoms with Crippen molar-refractivity contribution in [2.75, 3.05) is 6.54 Å². The minimum Gasteiger partial charge on any atom is -0.349 e. The second-order valence-electron chi connectivity index (χ2n) is 6.04. The van der Waals surface area contributed by atoms with Crippen molar-refractivity contribution in [1.29, 1.82) is 0 Å². The molecule has 1 amide bonds. The molecule has 2 aromatic heterocycles. The number of terminal acetylenes is 1. The van der Waals surface area contributed by atoms with Crippen LogP contribution in [0, 0.1) is 18.3 Å². The number of hydrogen-bond donors (Lipinski definition) is 2. The third-order valence-corrected chi connectivity index (χ3v) is 4.70. The van der Waals surface area contributed by atoms with Crippen LogP contribution in [0.4, 0.5) is 0 Å². The van der Waals surface area contributed by atoms with E-state index in [1.165, 1.54) is 6.42 Å². The van der Waals surface area contributed by atoms with Gasteiger partial charge in [0.2, 0.25) is 0 Å². The molecule has 2 N–H and O–H groups in total. The minimum absolute atomic E-state index is 0.00501. The summed E-state index contributed by atoms with van der Waals surface area (Å²) in [4.78, 5) is 12.4. The van der Waals surface area contributed by atoms with Gasteiger partial charge in [0.25, 0.3) is 5.91 Å². The van der Waals surface area contributed by atoms with Gasteiger partial charge in [-0.25, -0.2) is 0 Å². The highest BCUT2D eigenvalue weighted by molar-refractivity contribution is 5.94. The number of aromatic nitrogens is 1. The second kappa shape index (κ2) is 4.64. The number of piperidine rings is 1. The lowest BCUT2D eigenvalue weighted by molar-refractivity contribution is 0.0924. The number of nitrogens with zero attached hydrogens (tertiary/aromatic N) is 1. The Balaban J connectivity index is 1.55. The first-order valence-electron chi connectivity index (χ1n) is 7.35. The molecule has 0 aromatic carbocycles. The Kier molecular flexibility index (Phi) is 2.76. The first-order chi connectivity index (χ1) is 10.2. The molecular formula is C17H17N3O. The van der Waals surface area contributed by atoms with Crippen LogP contribution >= 0.6 is 0 Å². The summed E-state index contributed by atoms with van der Waals surface area (Å²) in [5.74, 6) is 3.20. The number of hydrogen-bond acceptors (Lipinski definition) is 2. The monoisotopic (exact) mass is 279 g/mol. The summed E-state index contributed by atoms with van der Waals surface area (Å²) in [6, 6.07) is 6.62. The summed E-state index contributed by atoms with van der Waals surface area (Å²) in [5.41, 5.74) is 2.51. The van der Waals surface area contributed by atoms with Crippen molar-refractivity contribution in [3.63, 3.8) is 0 Å². The molecular weight excluding hydrogens is 262 g/mol. The highest BCUT2D eigenvalue weighted by Crippen LogP contribution is 2.31. The van der Waals surface area contributed by atoms with E-state index in [0.29, 0.717) is 23.6 Å². The Morgan fingerprint density at radius 1 is 1.38 bits per heavy atom. The molecule has 3 unspecified atom stereocenters.